The Morgan fingerprint density at radius 3 is 2.82 bits per heavy atom. The summed E-state index contributed by atoms with van der Waals surface area (Å²) in [4.78, 5) is 11.9. The molecule has 1 N–H and O–H groups in total. The number of aryl methyl sites for hydroxylation is 1. The lowest BCUT2D eigenvalue weighted by atomic mass is 10.1. The number of nitrogens with zero attached hydrogens (tertiary/aromatic N) is 4. The number of aromatic nitrogens is 4. The molecule has 7 nitrogen and oxygen atoms in total. The van der Waals surface area contributed by atoms with Crippen molar-refractivity contribution >= 4 is 5.91 Å². The zero-order valence-corrected chi connectivity index (χ0v) is 12.3. The van der Waals surface area contributed by atoms with Gasteiger partial charge in [0.15, 0.2) is 0 Å². The highest BCUT2D eigenvalue weighted by Gasteiger charge is 2.43. The van der Waals surface area contributed by atoms with Gasteiger partial charge in [0.05, 0.1) is 13.2 Å². The number of ether oxygens (including phenoxy) is 1. The Labute approximate surface area is 128 Å². The first kappa shape index (κ1) is 14.5. The summed E-state index contributed by atoms with van der Waals surface area (Å²) in [5.74, 6) is 0.889. The topological polar surface area (TPSA) is 81.9 Å². The minimum Gasteiger partial charge on any atom is -0.493 e. The minimum atomic E-state index is 0.0153. The van der Waals surface area contributed by atoms with E-state index < -0.39 is 0 Å². The maximum absolute atomic E-state index is 11.9. The summed E-state index contributed by atoms with van der Waals surface area (Å²) in [7, 11) is 0. The van der Waals surface area contributed by atoms with Gasteiger partial charge in [0.25, 0.3) is 0 Å². The monoisotopic (exact) mass is 301 g/mol. The zero-order valence-electron chi connectivity index (χ0n) is 12.3. The van der Waals surface area contributed by atoms with Crippen LogP contribution in [0.25, 0.3) is 0 Å². The summed E-state index contributed by atoms with van der Waals surface area (Å²) in [6.45, 7) is 1.80. The number of hydrogen-bond acceptors (Lipinski definition) is 5. The van der Waals surface area contributed by atoms with E-state index in [0.717, 1.165) is 18.6 Å². The van der Waals surface area contributed by atoms with Gasteiger partial charge in [0, 0.05) is 18.4 Å². The molecule has 2 aromatic rings. The van der Waals surface area contributed by atoms with Crippen LogP contribution < -0.4 is 10.1 Å². The number of carbonyl (C=O) groups is 1. The molecule has 1 heterocycles. The van der Waals surface area contributed by atoms with E-state index in [0.29, 0.717) is 26.1 Å². The maximum atomic E-state index is 11.9. The molecule has 1 saturated carbocycles. The van der Waals surface area contributed by atoms with E-state index in [1.54, 1.807) is 4.68 Å². The van der Waals surface area contributed by atoms with Gasteiger partial charge < -0.3 is 10.1 Å². The third-order valence-corrected chi connectivity index (χ3v) is 3.87. The van der Waals surface area contributed by atoms with Gasteiger partial charge >= 0.3 is 0 Å². The highest BCUT2D eigenvalue weighted by atomic mass is 16.5. The molecule has 3 rings (SSSR count). The third-order valence-electron chi connectivity index (χ3n) is 3.87. The van der Waals surface area contributed by atoms with Crippen molar-refractivity contribution < 1.29 is 9.53 Å². The predicted octanol–water partition coefficient (Wildman–Crippen LogP) is 1.04. The van der Waals surface area contributed by atoms with Gasteiger partial charge in [-0.2, -0.15) is 0 Å². The molecule has 0 bridgehead atoms. The predicted molar refractivity (Wildman–Crippen MR) is 79.0 cm³/mol. The molecule has 1 aromatic carbocycles. The highest BCUT2D eigenvalue weighted by molar-refractivity contribution is 5.75. The van der Waals surface area contributed by atoms with Gasteiger partial charge in [0.1, 0.15) is 12.1 Å². The normalized spacial score (nSPS) is 15.3. The van der Waals surface area contributed by atoms with Crippen LogP contribution in [0.5, 0.6) is 5.75 Å². The fourth-order valence-corrected chi connectivity index (χ4v) is 2.18. The van der Waals surface area contributed by atoms with Gasteiger partial charge in [-0.05, 0) is 35.4 Å². The van der Waals surface area contributed by atoms with Crippen molar-refractivity contribution in [1.82, 2.24) is 25.5 Å². The largest absolute Gasteiger partial charge is 0.493 e. The second-order valence-electron chi connectivity index (χ2n) is 5.70. The van der Waals surface area contributed by atoms with Crippen LogP contribution in [0.15, 0.2) is 36.7 Å². The van der Waals surface area contributed by atoms with Crippen molar-refractivity contribution in [2.24, 2.45) is 5.41 Å². The average molecular weight is 301 g/mol. The number of hydrogen-bond donors (Lipinski definition) is 1. The molecular formula is C15H19N5O2. The lowest BCUT2D eigenvalue weighted by Gasteiger charge is -2.17. The Bertz CT molecular complexity index is 596. The first-order valence-electron chi connectivity index (χ1n) is 7.41. The number of rotatable bonds is 8. The SMILES string of the molecule is O=C(CCn1cnnn1)NCC1(COc2ccccc2)CC1. The quantitative estimate of drug-likeness (QED) is 0.788. The van der Waals surface area contributed by atoms with Crippen molar-refractivity contribution in [2.75, 3.05) is 13.2 Å². The van der Waals surface area contributed by atoms with Gasteiger partial charge in [-0.25, -0.2) is 4.68 Å². The van der Waals surface area contributed by atoms with E-state index in [4.69, 9.17) is 4.74 Å². The van der Waals surface area contributed by atoms with Crippen LogP contribution in [0.3, 0.4) is 0 Å². The summed E-state index contributed by atoms with van der Waals surface area (Å²) in [5, 5.41) is 13.8. The van der Waals surface area contributed by atoms with E-state index in [2.05, 4.69) is 20.8 Å². The molecule has 116 valence electrons. The van der Waals surface area contributed by atoms with Crippen LogP contribution in [0, 0.1) is 5.41 Å². The molecule has 0 unspecified atom stereocenters. The number of benzene rings is 1. The summed E-state index contributed by atoms with van der Waals surface area (Å²) in [6, 6.07) is 9.76. The van der Waals surface area contributed by atoms with Gasteiger partial charge in [0.2, 0.25) is 5.91 Å². The second-order valence-corrected chi connectivity index (χ2v) is 5.70. The lowest BCUT2D eigenvalue weighted by Crippen LogP contribution is -2.33. The van der Waals surface area contributed by atoms with Crippen molar-refractivity contribution in [3.63, 3.8) is 0 Å². The van der Waals surface area contributed by atoms with Crippen molar-refractivity contribution in [1.29, 1.82) is 0 Å². The van der Waals surface area contributed by atoms with E-state index in [1.807, 2.05) is 30.3 Å². The van der Waals surface area contributed by atoms with Gasteiger partial charge in [-0.1, -0.05) is 18.2 Å². The number of nitrogens with one attached hydrogen (secondary N) is 1. The second kappa shape index (κ2) is 6.55. The number of amides is 1. The maximum Gasteiger partial charge on any atom is 0.221 e. The molecule has 0 spiro atoms. The number of tetrazole rings is 1. The number of carbonyl (C=O) groups excluding carboxylic acids is 1. The molecule has 1 fully saturated rings. The van der Waals surface area contributed by atoms with Crippen LogP contribution in [0.1, 0.15) is 19.3 Å². The van der Waals surface area contributed by atoms with Crippen molar-refractivity contribution in [3.05, 3.63) is 36.7 Å². The molecule has 1 aliphatic rings. The Morgan fingerprint density at radius 1 is 1.32 bits per heavy atom. The van der Waals surface area contributed by atoms with E-state index in [9.17, 15) is 4.79 Å². The molecule has 1 amide bonds. The molecule has 7 heteroatoms. The van der Waals surface area contributed by atoms with E-state index in [-0.39, 0.29) is 11.3 Å². The Hall–Kier alpha value is -2.44. The van der Waals surface area contributed by atoms with Crippen LogP contribution in [0.4, 0.5) is 0 Å². The van der Waals surface area contributed by atoms with Crippen molar-refractivity contribution in [3.8, 4) is 5.75 Å². The minimum absolute atomic E-state index is 0.0153. The molecule has 1 aliphatic carbocycles. The fraction of sp³-hybridized carbons (Fsp3) is 0.467. The Morgan fingerprint density at radius 2 is 2.14 bits per heavy atom. The summed E-state index contributed by atoms with van der Waals surface area (Å²) in [6.07, 6.45) is 4.06. The molecule has 0 saturated heterocycles. The Kier molecular flexibility index (Phi) is 4.32. The molecule has 1 aromatic heterocycles. The van der Waals surface area contributed by atoms with Crippen LogP contribution in [-0.2, 0) is 11.3 Å². The van der Waals surface area contributed by atoms with Gasteiger partial charge in [-0.15, -0.1) is 5.10 Å². The summed E-state index contributed by atoms with van der Waals surface area (Å²) >= 11 is 0. The number of para-hydroxylation sites is 1. The Balaban J connectivity index is 1.38. The highest BCUT2D eigenvalue weighted by Crippen LogP contribution is 2.45. The molecule has 0 atom stereocenters. The average Bonchev–Trinajstić information content (AvgIpc) is 3.13. The summed E-state index contributed by atoms with van der Waals surface area (Å²) < 4.78 is 7.35. The molecular weight excluding hydrogens is 282 g/mol. The van der Waals surface area contributed by atoms with Gasteiger partial charge in [-0.3, -0.25) is 4.79 Å². The third kappa shape index (κ3) is 4.03. The molecule has 0 radical (unpaired) electrons. The standard InChI is InChI=1S/C15H19N5O2/c21-14(6-9-20-12-17-18-19-20)16-10-15(7-8-15)11-22-13-4-2-1-3-5-13/h1-5,12H,6-11H2,(H,16,21). The zero-order chi connectivity index (χ0) is 15.3. The van der Waals surface area contributed by atoms with E-state index in [1.165, 1.54) is 6.33 Å². The van der Waals surface area contributed by atoms with Crippen LogP contribution in [-0.4, -0.2) is 39.3 Å². The first-order chi connectivity index (χ1) is 10.8. The molecule has 0 aliphatic heterocycles. The van der Waals surface area contributed by atoms with E-state index >= 15 is 0 Å². The van der Waals surface area contributed by atoms with Crippen molar-refractivity contribution in [2.45, 2.75) is 25.8 Å². The van der Waals surface area contributed by atoms with Crippen LogP contribution in [0.2, 0.25) is 0 Å². The molecule has 22 heavy (non-hydrogen) atoms. The smallest absolute Gasteiger partial charge is 0.221 e. The lowest BCUT2D eigenvalue weighted by molar-refractivity contribution is -0.121. The first-order valence-corrected chi connectivity index (χ1v) is 7.41. The summed E-state index contributed by atoms with van der Waals surface area (Å²) in [5.41, 5.74) is 0.0975. The van der Waals surface area contributed by atoms with Crippen LogP contribution >= 0.6 is 0 Å². The fourth-order valence-electron chi connectivity index (χ4n) is 2.18.